The maximum Gasteiger partial charge on any atom is 0.187 e. The van der Waals surface area contributed by atoms with E-state index in [1.807, 2.05) is 14.0 Å². The monoisotopic (exact) mass is 266 g/mol. The zero-order valence-corrected chi connectivity index (χ0v) is 12.0. The van der Waals surface area contributed by atoms with Gasteiger partial charge >= 0.3 is 0 Å². The Kier molecular flexibility index (Phi) is 4.69. The van der Waals surface area contributed by atoms with Gasteiger partial charge in [0.05, 0.1) is 5.69 Å². The Bertz CT molecular complexity index is 416. The largest absolute Gasteiger partial charge is 0.354 e. The Balaban J connectivity index is 2.06. The summed E-state index contributed by atoms with van der Waals surface area (Å²) in [5.74, 6) is 0.893. The zero-order chi connectivity index (χ0) is 13.8. The maximum absolute atomic E-state index is 14.2. The number of aromatic nitrogens is 2. The molecule has 4 nitrogen and oxygen atoms in total. The summed E-state index contributed by atoms with van der Waals surface area (Å²) in [5, 5.41) is 3.30. The van der Waals surface area contributed by atoms with E-state index in [1.54, 1.807) is 0 Å². The highest BCUT2D eigenvalue weighted by Crippen LogP contribution is 2.26. The highest BCUT2D eigenvalue weighted by molar-refractivity contribution is 5.41. The van der Waals surface area contributed by atoms with E-state index in [9.17, 15) is 4.39 Å². The Hall–Kier alpha value is -1.23. The first-order valence-electron chi connectivity index (χ1n) is 7.09. The highest BCUT2D eigenvalue weighted by atomic mass is 19.1. The molecule has 2 rings (SSSR count). The van der Waals surface area contributed by atoms with Gasteiger partial charge in [-0.2, -0.15) is 0 Å². The summed E-state index contributed by atoms with van der Waals surface area (Å²) in [5.41, 5.74) is 0.510. The van der Waals surface area contributed by atoms with Crippen molar-refractivity contribution in [1.82, 2.24) is 15.3 Å². The van der Waals surface area contributed by atoms with Crippen molar-refractivity contribution < 1.29 is 4.39 Å². The second-order valence-corrected chi connectivity index (χ2v) is 5.21. The average molecular weight is 266 g/mol. The molecule has 0 saturated carbocycles. The van der Waals surface area contributed by atoms with E-state index in [0.29, 0.717) is 29.9 Å². The van der Waals surface area contributed by atoms with Gasteiger partial charge in [0.15, 0.2) is 11.6 Å². The van der Waals surface area contributed by atoms with Gasteiger partial charge < -0.3 is 10.2 Å². The molecule has 1 saturated heterocycles. The zero-order valence-electron chi connectivity index (χ0n) is 12.0. The van der Waals surface area contributed by atoms with Gasteiger partial charge in [-0.25, -0.2) is 14.4 Å². The second kappa shape index (κ2) is 6.28. The summed E-state index contributed by atoms with van der Waals surface area (Å²) >= 11 is 0. The summed E-state index contributed by atoms with van der Waals surface area (Å²) in [7, 11) is 1.99. The minimum absolute atomic E-state index is 0.245. The summed E-state index contributed by atoms with van der Waals surface area (Å²) < 4.78 is 14.2. The molecule has 2 heterocycles. The molecule has 0 amide bonds. The number of piperidine rings is 1. The third kappa shape index (κ3) is 3.03. The molecule has 1 unspecified atom stereocenters. The lowest BCUT2D eigenvalue weighted by Gasteiger charge is -2.35. The number of anilines is 1. The fourth-order valence-electron chi connectivity index (χ4n) is 2.71. The minimum atomic E-state index is -0.245. The van der Waals surface area contributed by atoms with Gasteiger partial charge in [0.25, 0.3) is 0 Å². The van der Waals surface area contributed by atoms with E-state index in [4.69, 9.17) is 0 Å². The molecule has 1 fully saturated rings. The van der Waals surface area contributed by atoms with Crippen LogP contribution in [0.5, 0.6) is 0 Å². The number of hydrogen-bond acceptors (Lipinski definition) is 4. The summed E-state index contributed by atoms with van der Waals surface area (Å²) in [6.07, 6.45) is 4.23. The third-order valence-electron chi connectivity index (χ3n) is 4.18. The molecular formula is C14H23FN4. The minimum Gasteiger partial charge on any atom is -0.354 e. The number of hydrogen-bond donors (Lipinski definition) is 1. The molecule has 1 N–H and O–H groups in total. The normalized spacial score (nSPS) is 18.6. The van der Waals surface area contributed by atoms with Crippen molar-refractivity contribution in [2.45, 2.75) is 39.2 Å². The van der Waals surface area contributed by atoms with E-state index >= 15 is 0 Å². The van der Waals surface area contributed by atoms with Gasteiger partial charge in [-0.3, -0.25) is 0 Å². The fraction of sp³-hybridized carbons (Fsp3) is 0.714. The van der Waals surface area contributed by atoms with Gasteiger partial charge in [-0.05, 0) is 39.2 Å². The Morgan fingerprint density at radius 3 is 2.68 bits per heavy atom. The van der Waals surface area contributed by atoms with Crippen LogP contribution in [0.4, 0.5) is 10.2 Å². The third-order valence-corrected chi connectivity index (χ3v) is 4.18. The Morgan fingerprint density at radius 1 is 1.42 bits per heavy atom. The van der Waals surface area contributed by atoms with Gasteiger partial charge in [0.2, 0.25) is 0 Å². The lowest BCUT2D eigenvalue weighted by atomic mass is 9.90. The van der Waals surface area contributed by atoms with E-state index in [1.165, 1.54) is 6.33 Å². The van der Waals surface area contributed by atoms with Crippen LogP contribution in [0.25, 0.3) is 0 Å². The van der Waals surface area contributed by atoms with Crippen LogP contribution in [0, 0.1) is 11.7 Å². The van der Waals surface area contributed by atoms with Crippen LogP contribution in [-0.2, 0) is 6.42 Å². The van der Waals surface area contributed by atoms with Gasteiger partial charge in [-0.15, -0.1) is 0 Å². The van der Waals surface area contributed by atoms with E-state index in [2.05, 4.69) is 27.1 Å². The summed E-state index contributed by atoms with van der Waals surface area (Å²) in [6, 6.07) is 0.517. The first-order valence-corrected chi connectivity index (χ1v) is 7.09. The number of nitrogens with zero attached hydrogens (tertiary/aromatic N) is 3. The van der Waals surface area contributed by atoms with Crippen molar-refractivity contribution in [3.05, 3.63) is 17.8 Å². The first kappa shape index (κ1) is 14.2. The van der Waals surface area contributed by atoms with Crippen LogP contribution in [0.1, 0.15) is 32.4 Å². The van der Waals surface area contributed by atoms with Crippen molar-refractivity contribution >= 4 is 5.82 Å². The molecule has 0 spiro atoms. The van der Waals surface area contributed by atoms with Crippen molar-refractivity contribution in [3.8, 4) is 0 Å². The van der Waals surface area contributed by atoms with Crippen LogP contribution in [0.2, 0.25) is 0 Å². The van der Waals surface area contributed by atoms with Crippen molar-refractivity contribution in [2.24, 2.45) is 5.92 Å². The topological polar surface area (TPSA) is 41.1 Å². The lowest BCUT2D eigenvalue weighted by Crippen LogP contribution is -2.41. The molecule has 19 heavy (non-hydrogen) atoms. The number of rotatable bonds is 4. The molecular weight excluding hydrogens is 243 g/mol. The SMILES string of the molecule is CCc1ncnc(N2CCC(C(C)NC)CC2)c1F. The second-order valence-electron chi connectivity index (χ2n) is 5.21. The number of halogens is 1. The number of nitrogens with one attached hydrogen (secondary N) is 1. The molecule has 1 aromatic heterocycles. The molecule has 0 aliphatic carbocycles. The Labute approximate surface area is 114 Å². The number of aryl methyl sites for hydroxylation is 1. The van der Waals surface area contributed by atoms with Gasteiger partial charge in [0, 0.05) is 19.1 Å². The molecule has 1 atom stereocenters. The predicted octanol–water partition coefficient (Wildman–Crippen LogP) is 2.00. The summed E-state index contributed by atoms with van der Waals surface area (Å²) in [6.45, 7) is 5.86. The van der Waals surface area contributed by atoms with Gasteiger partial charge in [0.1, 0.15) is 6.33 Å². The van der Waals surface area contributed by atoms with E-state index in [0.717, 1.165) is 25.9 Å². The Morgan fingerprint density at radius 2 is 2.11 bits per heavy atom. The predicted molar refractivity (Wildman–Crippen MR) is 74.8 cm³/mol. The molecule has 1 aliphatic heterocycles. The smallest absolute Gasteiger partial charge is 0.187 e. The molecule has 5 heteroatoms. The highest BCUT2D eigenvalue weighted by Gasteiger charge is 2.25. The van der Waals surface area contributed by atoms with Crippen molar-refractivity contribution in [3.63, 3.8) is 0 Å². The van der Waals surface area contributed by atoms with E-state index < -0.39 is 0 Å². The molecule has 0 radical (unpaired) electrons. The first-order chi connectivity index (χ1) is 9.17. The van der Waals surface area contributed by atoms with Crippen LogP contribution < -0.4 is 10.2 Å². The molecule has 1 aliphatic rings. The fourth-order valence-corrected chi connectivity index (χ4v) is 2.71. The van der Waals surface area contributed by atoms with Crippen LogP contribution in [0.15, 0.2) is 6.33 Å². The summed E-state index contributed by atoms with van der Waals surface area (Å²) in [4.78, 5) is 10.2. The average Bonchev–Trinajstić information content (AvgIpc) is 2.47. The molecule has 106 valence electrons. The van der Waals surface area contributed by atoms with Crippen molar-refractivity contribution in [2.75, 3.05) is 25.0 Å². The molecule has 1 aromatic rings. The van der Waals surface area contributed by atoms with Gasteiger partial charge in [-0.1, -0.05) is 6.92 Å². The molecule has 0 bridgehead atoms. The maximum atomic E-state index is 14.2. The van der Waals surface area contributed by atoms with E-state index in [-0.39, 0.29) is 5.82 Å². The van der Waals surface area contributed by atoms with Crippen LogP contribution in [-0.4, -0.2) is 36.1 Å². The lowest BCUT2D eigenvalue weighted by molar-refractivity contribution is 0.321. The van der Waals surface area contributed by atoms with Crippen molar-refractivity contribution in [1.29, 1.82) is 0 Å². The van der Waals surface area contributed by atoms with Crippen LogP contribution >= 0.6 is 0 Å². The standard InChI is InChI=1S/C14H23FN4/c1-4-12-13(15)14(18-9-17-12)19-7-5-11(6-8-19)10(2)16-3/h9-11,16H,4-8H2,1-3H3. The molecule has 0 aromatic carbocycles. The van der Waals surface area contributed by atoms with Crippen LogP contribution in [0.3, 0.4) is 0 Å². The quantitative estimate of drug-likeness (QED) is 0.905.